The minimum Gasteiger partial charge on any atom is -0.545 e. The number of nitrogens with zero attached hydrogens (tertiary/aromatic N) is 1. The molecule has 2 unspecified atom stereocenters. The molecule has 0 aromatic heterocycles. The molecular formula is C74H125NO8. The largest absolute Gasteiger partial charge is 0.545 e. The molecule has 0 spiro atoms. The van der Waals surface area contributed by atoms with Crippen molar-refractivity contribution in [2.45, 2.75) is 283 Å². The van der Waals surface area contributed by atoms with Crippen molar-refractivity contribution in [1.82, 2.24) is 0 Å². The normalized spacial score (nSPS) is 13.5. The van der Waals surface area contributed by atoms with Crippen LogP contribution in [0.3, 0.4) is 0 Å². The number of ether oxygens (including phenoxy) is 4. The molecule has 0 saturated heterocycles. The first-order chi connectivity index (χ1) is 40.6. The molecule has 0 heterocycles. The summed E-state index contributed by atoms with van der Waals surface area (Å²) >= 11 is 0. The molecule has 0 N–H and O–H groups in total. The Bertz CT molecular complexity index is 1780. The van der Waals surface area contributed by atoms with Crippen molar-refractivity contribution in [3.8, 4) is 0 Å². The summed E-state index contributed by atoms with van der Waals surface area (Å²) in [4.78, 5) is 37.4. The Morgan fingerprint density at radius 1 is 0.361 bits per heavy atom. The van der Waals surface area contributed by atoms with Crippen LogP contribution in [0.2, 0.25) is 0 Å². The van der Waals surface area contributed by atoms with E-state index in [1.165, 1.54) is 122 Å². The van der Waals surface area contributed by atoms with Gasteiger partial charge >= 0.3 is 11.9 Å². The van der Waals surface area contributed by atoms with E-state index in [4.69, 9.17) is 18.9 Å². The van der Waals surface area contributed by atoms with Gasteiger partial charge in [0.25, 0.3) is 0 Å². The monoisotopic (exact) mass is 1160 g/mol. The van der Waals surface area contributed by atoms with Crippen molar-refractivity contribution in [3.05, 3.63) is 122 Å². The molecule has 474 valence electrons. The number of unbranched alkanes of at least 4 members (excludes halogenated alkanes) is 26. The van der Waals surface area contributed by atoms with Gasteiger partial charge < -0.3 is 33.3 Å². The van der Waals surface area contributed by atoms with Gasteiger partial charge in [-0.3, -0.25) is 9.59 Å². The SMILES string of the molecule is CC/C=C\C/C=C\C/C=C\C/C=C\C/C=C\C/C=C\C/C=C\CCCCCCCCCCCCCCCCCCCCCC(=O)OC(COC(=O)CCCCCCCCC/C=C\C/C=C\C/C=C\CC)COC(OCC[N+](C)(C)C)C(=O)[O-]. The van der Waals surface area contributed by atoms with E-state index in [-0.39, 0.29) is 38.6 Å². The van der Waals surface area contributed by atoms with Crippen molar-refractivity contribution in [2.75, 3.05) is 47.5 Å². The number of carboxylic acids is 1. The number of carbonyl (C=O) groups is 3. The lowest BCUT2D eigenvalue weighted by atomic mass is 10.0. The van der Waals surface area contributed by atoms with Crippen molar-refractivity contribution in [1.29, 1.82) is 0 Å². The Labute approximate surface area is 510 Å². The first-order valence-electron chi connectivity index (χ1n) is 33.7. The van der Waals surface area contributed by atoms with Crippen molar-refractivity contribution in [2.24, 2.45) is 0 Å². The maximum Gasteiger partial charge on any atom is 0.306 e. The fourth-order valence-corrected chi connectivity index (χ4v) is 9.12. The fraction of sp³-hybridized carbons (Fsp3) is 0.689. The highest BCUT2D eigenvalue weighted by Gasteiger charge is 2.22. The van der Waals surface area contributed by atoms with Crippen LogP contribution in [0.5, 0.6) is 0 Å². The van der Waals surface area contributed by atoms with Gasteiger partial charge in [0.05, 0.1) is 40.3 Å². The highest BCUT2D eigenvalue weighted by atomic mass is 16.7. The highest BCUT2D eigenvalue weighted by molar-refractivity contribution is 5.70. The standard InChI is InChI=1S/C74H125NO8/c1-6-8-10-12-14-16-18-20-22-24-25-26-27-28-29-30-31-32-33-34-35-36-37-38-39-40-41-42-43-44-45-46-47-49-51-53-55-57-59-61-63-65-72(77)83-70(69-82-74(73(78)79)80-67-66-75(3,4)5)68-81-71(76)64-62-60-58-56-54-52-50-48-23-21-19-17-15-13-11-9-7-2/h8-11,14-17,20-23,25-26,28-29,31-32,34-35,70,74H,6-7,12-13,18-19,24,27,30,33,36-69H2,1-5H3/b10-8-,11-9-,16-14-,17-15-,22-20-,23-21-,26-25-,29-28-,32-31-,35-34-. The van der Waals surface area contributed by atoms with Crippen LogP contribution in [0.1, 0.15) is 271 Å². The average molecular weight is 1160 g/mol. The third-order valence-corrected chi connectivity index (χ3v) is 14.2. The van der Waals surface area contributed by atoms with Gasteiger partial charge in [-0.1, -0.05) is 277 Å². The Morgan fingerprint density at radius 2 is 0.651 bits per heavy atom. The summed E-state index contributed by atoms with van der Waals surface area (Å²) in [6, 6.07) is 0. The van der Waals surface area contributed by atoms with Crippen LogP contribution in [0.15, 0.2) is 122 Å². The fourth-order valence-electron chi connectivity index (χ4n) is 9.12. The number of quaternary nitrogens is 1. The molecular weight excluding hydrogens is 1030 g/mol. The zero-order chi connectivity index (χ0) is 60.5. The van der Waals surface area contributed by atoms with Gasteiger partial charge in [0.1, 0.15) is 13.2 Å². The lowest BCUT2D eigenvalue weighted by molar-refractivity contribution is -0.870. The van der Waals surface area contributed by atoms with Gasteiger partial charge in [-0.15, -0.1) is 0 Å². The number of hydrogen-bond acceptors (Lipinski definition) is 8. The maximum absolute atomic E-state index is 12.9. The number of aliphatic carboxylic acids is 1. The third kappa shape index (κ3) is 65.1. The summed E-state index contributed by atoms with van der Waals surface area (Å²) in [6.07, 6.45) is 87.1. The number of hydrogen-bond donors (Lipinski definition) is 0. The van der Waals surface area contributed by atoms with E-state index in [9.17, 15) is 19.5 Å². The smallest absolute Gasteiger partial charge is 0.306 e. The second-order valence-corrected chi connectivity index (χ2v) is 23.3. The quantitative estimate of drug-likeness (QED) is 0.0195. The number of likely N-dealkylation sites (N-methyl/N-ethyl adjacent to an activating group) is 1. The first kappa shape index (κ1) is 78.7. The van der Waals surface area contributed by atoms with Gasteiger partial charge in [-0.2, -0.15) is 0 Å². The molecule has 2 atom stereocenters. The Balaban J connectivity index is 4.03. The van der Waals surface area contributed by atoms with Crippen molar-refractivity contribution >= 4 is 17.9 Å². The molecule has 0 aliphatic heterocycles. The molecule has 9 nitrogen and oxygen atoms in total. The number of allylic oxidation sites excluding steroid dienone is 20. The lowest BCUT2D eigenvalue weighted by Crippen LogP contribution is -2.44. The van der Waals surface area contributed by atoms with Crippen molar-refractivity contribution in [3.63, 3.8) is 0 Å². The van der Waals surface area contributed by atoms with E-state index in [0.717, 1.165) is 116 Å². The molecule has 0 rings (SSSR count). The van der Waals surface area contributed by atoms with Crippen LogP contribution in [0, 0.1) is 0 Å². The second kappa shape index (κ2) is 63.7. The summed E-state index contributed by atoms with van der Waals surface area (Å²) in [7, 11) is 5.92. The zero-order valence-corrected chi connectivity index (χ0v) is 54.0. The van der Waals surface area contributed by atoms with Crippen LogP contribution in [0.4, 0.5) is 0 Å². The molecule has 0 aromatic carbocycles. The minimum absolute atomic E-state index is 0.143. The molecule has 0 bridgehead atoms. The van der Waals surface area contributed by atoms with Crippen LogP contribution >= 0.6 is 0 Å². The maximum atomic E-state index is 12.9. The molecule has 0 aromatic rings. The minimum atomic E-state index is -1.63. The highest BCUT2D eigenvalue weighted by Crippen LogP contribution is 2.17. The van der Waals surface area contributed by atoms with Gasteiger partial charge in [0.15, 0.2) is 12.4 Å². The molecule has 0 fully saturated rings. The summed E-state index contributed by atoms with van der Waals surface area (Å²) < 4.78 is 22.7. The van der Waals surface area contributed by atoms with Gasteiger partial charge in [0, 0.05) is 12.8 Å². The van der Waals surface area contributed by atoms with Crippen molar-refractivity contribution < 1.29 is 42.9 Å². The molecule has 9 heteroatoms. The Hall–Kier alpha value is -4.31. The Kier molecular flexibility index (Phi) is 60.4. The summed E-state index contributed by atoms with van der Waals surface area (Å²) in [6.45, 7) is 4.52. The zero-order valence-electron chi connectivity index (χ0n) is 54.0. The summed E-state index contributed by atoms with van der Waals surface area (Å²) in [5.74, 6) is -2.29. The van der Waals surface area contributed by atoms with Gasteiger partial charge in [0.2, 0.25) is 0 Å². The van der Waals surface area contributed by atoms with Gasteiger partial charge in [-0.25, -0.2) is 0 Å². The third-order valence-electron chi connectivity index (χ3n) is 14.2. The van der Waals surface area contributed by atoms with Crippen LogP contribution < -0.4 is 5.11 Å². The summed E-state index contributed by atoms with van der Waals surface area (Å²) in [5.41, 5.74) is 0. The number of carbonyl (C=O) groups excluding carboxylic acids is 3. The molecule has 0 amide bonds. The van der Waals surface area contributed by atoms with Crippen LogP contribution in [-0.4, -0.2) is 82.3 Å². The predicted molar refractivity (Wildman–Crippen MR) is 352 cm³/mol. The number of esters is 2. The van der Waals surface area contributed by atoms with E-state index < -0.39 is 24.3 Å². The van der Waals surface area contributed by atoms with E-state index >= 15 is 0 Å². The van der Waals surface area contributed by atoms with Gasteiger partial charge in [-0.05, 0) is 103 Å². The topological polar surface area (TPSA) is 111 Å². The molecule has 0 saturated carbocycles. The molecule has 0 aliphatic rings. The second-order valence-electron chi connectivity index (χ2n) is 23.3. The van der Waals surface area contributed by atoms with E-state index in [0.29, 0.717) is 17.4 Å². The average Bonchev–Trinajstić information content (AvgIpc) is 3.46. The Morgan fingerprint density at radius 3 is 0.964 bits per heavy atom. The van der Waals surface area contributed by atoms with Crippen LogP contribution in [0.25, 0.3) is 0 Å². The van der Waals surface area contributed by atoms with E-state index in [2.05, 4.69) is 135 Å². The summed E-state index contributed by atoms with van der Waals surface area (Å²) in [5, 5.41) is 11.8. The lowest BCUT2D eigenvalue weighted by Gasteiger charge is -2.26. The van der Waals surface area contributed by atoms with Crippen LogP contribution in [-0.2, 0) is 33.3 Å². The molecule has 0 aliphatic carbocycles. The number of rotatable bonds is 61. The molecule has 83 heavy (non-hydrogen) atoms. The van der Waals surface area contributed by atoms with E-state index in [1.54, 1.807) is 0 Å². The number of carboxylic acid groups (broad SMARTS) is 1. The predicted octanol–water partition coefficient (Wildman–Crippen LogP) is 19.5. The molecule has 0 radical (unpaired) electrons. The first-order valence-corrected chi connectivity index (χ1v) is 33.7. The van der Waals surface area contributed by atoms with E-state index in [1.807, 2.05) is 21.1 Å².